The van der Waals surface area contributed by atoms with Gasteiger partial charge in [-0.1, -0.05) is 0 Å². The first-order chi connectivity index (χ1) is 9.63. The molecule has 3 rings (SSSR count). The summed E-state index contributed by atoms with van der Waals surface area (Å²) in [6.07, 6.45) is 3.43. The monoisotopic (exact) mass is 268 g/mol. The minimum absolute atomic E-state index is 0.285. The molecule has 20 heavy (non-hydrogen) atoms. The smallest absolute Gasteiger partial charge is 0.153 e. The summed E-state index contributed by atoms with van der Waals surface area (Å²) < 4.78 is 14.6. The van der Waals surface area contributed by atoms with Crippen molar-refractivity contribution in [2.45, 2.75) is 6.92 Å². The van der Waals surface area contributed by atoms with Crippen LogP contribution in [0.1, 0.15) is 5.56 Å². The lowest BCUT2D eigenvalue weighted by Crippen LogP contribution is -1.98. The Labute approximate surface area is 115 Å². The summed E-state index contributed by atoms with van der Waals surface area (Å²) in [5.74, 6) is 0.414. The average molecular weight is 268 g/mol. The first kappa shape index (κ1) is 12.3. The number of pyridine rings is 1. The molecule has 0 aliphatic rings. The van der Waals surface area contributed by atoms with E-state index in [4.69, 9.17) is 5.73 Å². The Bertz CT molecular complexity index is 747. The van der Waals surface area contributed by atoms with Gasteiger partial charge in [-0.05, 0) is 48.9 Å². The largest absolute Gasteiger partial charge is 0.396 e. The molecule has 0 radical (unpaired) electrons. The zero-order valence-corrected chi connectivity index (χ0v) is 10.9. The highest BCUT2D eigenvalue weighted by molar-refractivity contribution is 5.72. The van der Waals surface area contributed by atoms with Crippen molar-refractivity contribution in [2.75, 3.05) is 5.73 Å². The van der Waals surface area contributed by atoms with E-state index in [0.717, 1.165) is 11.1 Å². The van der Waals surface area contributed by atoms with Crippen LogP contribution in [-0.4, -0.2) is 14.8 Å². The van der Waals surface area contributed by atoms with Crippen molar-refractivity contribution >= 4 is 5.69 Å². The second-order valence-corrected chi connectivity index (χ2v) is 4.58. The number of benzene rings is 1. The summed E-state index contributed by atoms with van der Waals surface area (Å²) in [6, 6.07) is 9.92. The fraction of sp³-hybridized carbons (Fsp3) is 0.0667. The number of hydrogen-bond donors (Lipinski definition) is 1. The molecule has 1 aromatic carbocycles. The third-order valence-corrected chi connectivity index (χ3v) is 3.00. The van der Waals surface area contributed by atoms with Gasteiger partial charge in [0.15, 0.2) is 5.82 Å². The number of rotatable bonds is 2. The summed E-state index contributed by atoms with van der Waals surface area (Å²) in [4.78, 5) is 4.26. The van der Waals surface area contributed by atoms with Gasteiger partial charge in [0.2, 0.25) is 0 Å². The second kappa shape index (κ2) is 4.77. The van der Waals surface area contributed by atoms with Crippen LogP contribution < -0.4 is 5.73 Å². The van der Waals surface area contributed by atoms with E-state index in [-0.39, 0.29) is 5.82 Å². The minimum Gasteiger partial charge on any atom is -0.396 e. The van der Waals surface area contributed by atoms with Gasteiger partial charge in [-0.2, -0.15) is 5.10 Å². The van der Waals surface area contributed by atoms with Crippen LogP contribution in [0.5, 0.6) is 0 Å². The molecule has 2 N–H and O–H groups in total. The van der Waals surface area contributed by atoms with E-state index in [2.05, 4.69) is 10.1 Å². The molecule has 0 bridgehead atoms. The van der Waals surface area contributed by atoms with Crippen molar-refractivity contribution in [3.8, 4) is 17.1 Å². The van der Waals surface area contributed by atoms with Crippen molar-refractivity contribution in [3.63, 3.8) is 0 Å². The van der Waals surface area contributed by atoms with E-state index in [1.54, 1.807) is 29.2 Å². The summed E-state index contributed by atoms with van der Waals surface area (Å²) in [6.45, 7) is 1.99. The number of anilines is 1. The molecule has 0 amide bonds. The molecule has 0 spiro atoms. The maximum Gasteiger partial charge on any atom is 0.153 e. The van der Waals surface area contributed by atoms with Gasteiger partial charge in [0, 0.05) is 11.8 Å². The van der Waals surface area contributed by atoms with Crippen LogP contribution in [0, 0.1) is 12.7 Å². The molecular weight excluding hydrogens is 255 g/mol. The van der Waals surface area contributed by atoms with Gasteiger partial charge in [0.25, 0.3) is 0 Å². The molecule has 4 nitrogen and oxygen atoms in total. The standard InChI is InChI=1S/C15H13FN4/c1-10-6-7-18-14(8-10)20-9-13(17)15(19-20)11-2-4-12(16)5-3-11/h2-9H,17H2,1H3. The molecule has 0 atom stereocenters. The normalized spacial score (nSPS) is 10.7. The van der Waals surface area contributed by atoms with Gasteiger partial charge in [0.05, 0.1) is 11.9 Å². The van der Waals surface area contributed by atoms with Crippen LogP contribution in [0.2, 0.25) is 0 Å². The molecule has 0 unspecified atom stereocenters. The Morgan fingerprint density at radius 1 is 1.15 bits per heavy atom. The van der Waals surface area contributed by atoms with E-state index in [0.29, 0.717) is 17.2 Å². The topological polar surface area (TPSA) is 56.7 Å². The zero-order chi connectivity index (χ0) is 14.1. The van der Waals surface area contributed by atoms with Crippen molar-refractivity contribution in [1.29, 1.82) is 0 Å². The Hall–Kier alpha value is -2.69. The lowest BCUT2D eigenvalue weighted by molar-refractivity contribution is 0.628. The third-order valence-electron chi connectivity index (χ3n) is 3.00. The van der Waals surface area contributed by atoms with Crippen LogP contribution in [0.15, 0.2) is 48.8 Å². The Morgan fingerprint density at radius 2 is 1.90 bits per heavy atom. The number of halogens is 1. The molecule has 0 aliphatic carbocycles. The van der Waals surface area contributed by atoms with Crippen molar-refractivity contribution in [3.05, 3.63) is 60.2 Å². The van der Waals surface area contributed by atoms with Gasteiger partial charge >= 0.3 is 0 Å². The number of aromatic nitrogens is 3. The summed E-state index contributed by atoms with van der Waals surface area (Å²) in [5, 5.41) is 4.43. The molecule has 2 aromatic heterocycles. The van der Waals surface area contributed by atoms with E-state index >= 15 is 0 Å². The fourth-order valence-electron chi connectivity index (χ4n) is 1.98. The fourth-order valence-corrected chi connectivity index (χ4v) is 1.98. The molecule has 0 saturated carbocycles. The molecule has 100 valence electrons. The second-order valence-electron chi connectivity index (χ2n) is 4.58. The quantitative estimate of drug-likeness (QED) is 0.777. The molecule has 0 aliphatic heterocycles. The van der Waals surface area contributed by atoms with Crippen molar-refractivity contribution in [1.82, 2.24) is 14.8 Å². The zero-order valence-electron chi connectivity index (χ0n) is 10.9. The molecule has 2 heterocycles. The third kappa shape index (κ3) is 2.25. The number of nitrogens with zero attached hydrogens (tertiary/aromatic N) is 3. The maximum atomic E-state index is 13.0. The lowest BCUT2D eigenvalue weighted by Gasteiger charge is -2.01. The number of nitrogens with two attached hydrogens (primary N) is 1. The average Bonchev–Trinajstić information content (AvgIpc) is 2.82. The van der Waals surface area contributed by atoms with Crippen LogP contribution >= 0.6 is 0 Å². The Balaban J connectivity index is 2.05. The molecule has 5 heteroatoms. The van der Waals surface area contributed by atoms with Gasteiger partial charge in [-0.15, -0.1) is 0 Å². The number of nitrogen functional groups attached to an aromatic ring is 1. The van der Waals surface area contributed by atoms with Crippen LogP contribution in [-0.2, 0) is 0 Å². The Kier molecular flexibility index (Phi) is 2.95. The van der Waals surface area contributed by atoms with Crippen LogP contribution in [0.25, 0.3) is 17.1 Å². The van der Waals surface area contributed by atoms with Gasteiger partial charge in [-0.25, -0.2) is 14.1 Å². The molecule has 0 saturated heterocycles. The maximum absolute atomic E-state index is 13.0. The van der Waals surface area contributed by atoms with Crippen molar-refractivity contribution < 1.29 is 4.39 Å². The summed E-state index contributed by atoms with van der Waals surface area (Å²) in [5.41, 5.74) is 8.99. The van der Waals surface area contributed by atoms with Gasteiger partial charge in [-0.3, -0.25) is 0 Å². The highest BCUT2D eigenvalue weighted by Gasteiger charge is 2.10. The van der Waals surface area contributed by atoms with E-state index in [9.17, 15) is 4.39 Å². The predicted molar refractivity (Wildman–Crippen MR) is 75.9 cm³/mol. The lowest BCUT2D eigenvalue weighted by atomic mass is 10.1. The van der Waals surface area contributed by atoms with E-state index < -0.39 is 0 Å². The first-order valence-electron chi connectivity index (χ1n) is 6.17. The minimum atomic E-state index is -0.285. The Morgan fingerprint density at radius 3 is 2.60 bits per heavy atom. The van der Waals surface area contributed by atoms with E-state index in [1.165, 1.54) is 12.1 Å². The highest BCUT2D eigenvalue weighted by atomic mass is 19.1. The summed E-state index contributed by atoms with van der Waals surface area (Å²) >= 11 is 0. The summed E-state index contributed by atoms with van der Waals surface area (Å²) in [7, 11) is 0. The predicted octanol–water partition coefficient (Wildman–Crippen LogP) is 2.96. The van der Waals surface area contributed by atoms with E-state index in [1.807, 2.05) is 19.1 Å². The van der Waals surface area contributed by atoms with Crippen LogP contribution in [0.3, 0.4) is 0 Å². The van der Waals surface area contributed by atoms with Crippen molar-refractivity contribution in [2.24, 2.45) is 0 Å². The first-order valence-corrected chi connectivity index (χ1v) is 6.17. The number of hydrogen-bond acceptors (Lipinski definition) is 3. The molecule has 3 aromatic rings. The molecule has 0 fully saturated rings. The number of aryl methyl sites for hydroxylation is 1. The van der Waals surface area contributed by atoms with Gasteiger partial charge in [0.1, 0.15) is 11.5 Å². The van der Waals surface area contributed by atoms with Gasteiger partial charge < -0.3 is 5.73 Å². The SMILES string of the molecule is Cc1ccnc(-n2cc(N)c(-c3ccc(F)cc3)n2)c1. The highest BCUT2D eigenvalue weighted by Crippen LogP contribution is 2.25. The van der Waals surface area contributed by atoms with Crippen LogP contribution in [0.4, 0.5) is 10.1 Å². The molecular formula is C15H13FN4.